The lowest BCUT2D eigenvalue weighted by molar-refractivity contribution is -0.0351. The number of morpholine rings is 1. The SMILES string of the molecule is COc1cccc(CN2CCOC(c3cc4ccccc4cn3)C2)c1OC. The molecule has 27 heavy (non-hydrogen) atoms. The van der Waals surface area contributed by atoms with E-state index in [1.807, 2.05) is 24.4 Å². The predicted octanol–water partition coefficient (Wildman–Crippen LogP) is 3.83. The molecule has 5 heteroatoms. The number of aromatic nitrogens is 1. The van der Waals surface area contributed by atoms with Gasteiger partial charge < -0.3 is 14.2 Å². The highest BCUT2D eigenvalue weighted by Crippen LogP contribution is 2.32. The van der Waals surface area contributed by atoms with Crippen molar-refractivity contribution in [2.24, 2.45) is 0 Å². The van der Waals surface area contributed by atoms with Gasteiger partial charge >= 0.3 is 0 Å². The summed E-state index contributed by atoms with van der Waals surface area (Å²) in [5, 5.41) is 2.34. The third-order valence-electron chi connectivity index (χ3n) is 5.01. The second-order valence-corrected chi connectivity index (χ2v) is 6.70. The Bertz CT molecular complexity index is 928. The second-order valence-electron chi connectivity index (χ2n) is 6.70. The monoisotopic (exact) mass is 364 g/mol. The molecule has 5 nitrogen and oxygen atoms in total. The summed E-state index contributed by atoms with van der Waals surface area (Å²) in [6.45, 7) is 3.15. The van der Waals surface area contributed by atoms with E-state index in [4.69, 9.17) is 14.2 Å². The molecule has 2 aromatic carbocycles. The fraction of sp³-hybridized carbons (Fsp3) is 0.318. The molecule has 0 radical (unpaired) electrons. The van der Waals surface area contributed by atoms with E-state index < -0.39 is 0 Å². The van der Waals surface area contributed by atoms with Crippen LogP contribution in [0.4, 0.5) is 0 Å². The van der Waals surface area contributed by atoms with Gasteiger partial charge in [0, 0.05) is 36.8 Å². The first-order valence-corrected chi connectivity index (χ1v) is 9.17. The minimum Gasteiger partial charge on any atom is -0.493 e. The molecule has 4 rings (SSSR count). The van der Waals surface area contributed by atoms with Crippen molar-refractivity contribution in [3.8, 4) is 11.5 Å². The zero-order valence-electron chi connectivity index (χ0n) is 15.7. The molecule has 3 aromatic rings. The molecule has 140 valence electrons. The molecule has 1 aliphatic heterocycles. The molecule has 1 saturated heterocycles. The minimum atomic E-state index is -0.0278. The van der Waals surface area contributed by atoms with Gasteiger partial charge in [0.15, 0.2) is 11.5 Å². The summed E-state index contributed by atoms with van der Waals surface area (Å²) < 4.78 is 17.0. The van der Waals surface area contributed by atoms with Gasteiger partial charge in [-0.25, -0.2) is 0 Å². The van der Waals surface area contributed by atoms with E-state index >= 15 is 0 Å². The predicted molar refractivity (Wildman–Crippen MR) is 105 cm³/mol. The van der Waals surface area contributed by atoms with Crippen LogP contribution in [0.15, 0.2) is 54.7 Å². The van der Waals surface area contributed by atoms with Crippen molar-refractivity contribution in [3.05, 3.63) is 66.0 Å². The van der Waals surface area contributed by atoms with E-state index in [0.29, 0.717) is 6.61 Å². The molecular weight excluding hydrogens is 340 g/mol. The highest BCUT2D eigenvalue weighted by Gasteiger charge is 2.24. The van der Waals surface area contributed by atoms with Gasteiger partial charge in [-0.1, -0.05) is 36.4 Å². The fourth-order valence-electron chi connectivity index (χ4n) is 3.62. The van der Waals surface area contributed by atoms with E-state index in [1.165, 1.54) is 5.39 Å². The van der Waals surface area contributed by atoms with Crippen molar-refractivity contribution in [2.45, 2.75) is 12.6 Å². The Labute approximate surface area is 159 Å². The summed E-state index contributed by atoms with van der Waals surface area (Å²) in [5.74, 6) is 1.56. The zero-order valence-corrected chi connectivity index (χ0v) is 15.7. The van der Waals surface area contributed by atoms with Gasteiger partial charge in [-0.2, -0.15) is 0 Å². The molecule has 1 aromatic heterocycles. The normalized spacial score (nSPS) is 17.8. The number of hydrogen-bond donors (Lipinski definition) is 0. The summed E-state index contributed by atoms with van der Waals surface area (Å²) in [6.07, 6.45) is 1.90. The Hall–Kier alpha value is -2.63. The molecule has 0 spiro atoms. The number of hydrogen-bond acceptors (Lipinski definition) is 5. The van der Waals surface area contributed by atoms with Crippen molar-refractivity contribution in [3.63, 3.8) is 0 Å². The minimum absolute atomic E-state index is 0.0278. The smallest absolute Gasteiger partial charge is 0.165 e. The molecule has 1 aliphatic rings. The number of methoxy groups -OCH3 is 2. The number of rotatable bonds is 5. The average Bonchev–Trinajstić information content (AvgIpc) is 2.73. The first-order valence-electron chi connectivity index (χ1n) is 9.17. The van der Waals surface area contributed by atoms with Gasteiger partial charge in [0.25, 0.3) is 0 Å². The Kier molecular flexibility index (Phi) is 5.23. The topological polar surface area (TPSA) is 43.8 Å². The van der Waals surface area contributed by atoms with Crippen molar-refractivity contribution in [2.75, 3.05) is 33.9 Å². The van der Waals surface area contributed by atoms with Gasteiger partial charge in [0.2, 0.25) is 0 Å². The number of benzene rings is 2. The maximum Gasteiger partial charge on any atom is 0.165 e. The molecular formula is C22H24N2O3. The first-order chi connectivity index (χ1) is 13.3. The van der Waals surface area contributed by atoms with Crippen molar-refractivity contribution in [1.29, 1.82) is 0 Å². The molecule has 1 fully saturated rings. The Morgan fingerprint density at radius 3 is 2.74 bits per heavy atom. The van der Waals surface area contributed by atoms with Crippen molar-refractivity contribution in [1.82, 2.24) is 9.88 Å². The van der Waals surface area contributed by atoms with Crippen LogP contribution in [0.3, 0.4) is 0 Å². The summed E-state index contributed by atoms with van der Waals surface area (Å²) >= 11 is 0. The molecule has 0 N–H and O–H groups in total. The van der Waals surface area contributed by atoms with E-state index in [2.05, 4.69) is 40.2 Å². The third-order valence-corrected chi connectivity index (χ3v) is 5.01. The van der Waals surface area contributed by atoms with E-state index in [0.717, 1.165) is 47.8 Å². The van der Waals surface area contributed by atoms with Crippen LogP contribution in [0.5, 0.6) is 11.5 Å². The Balaban J connectivity index is 1.53. The summed E-state index contributed by atoms with van der Waals surface area (Å²) in [6, 6.07) is 16.4. The largest absolute Gasteiger partial charge is 0.493 e. The number of para-hydroxylation sites is 1. The molecule has 1 unspecified atom stereocenters. The summed E-state index contributed by atoms with van der Waals surface area (Å²) in [7, 11) is 3.35. The van der Waals surface area contributed by atoms with Gasteiger partial charge in [-0.15, -0.1) is 0 Å². The number of pyridine rings is 1. The molecule has 2 heterocycles. The standard InChI is InChI=1S/C22H24N2O3/c1-25-20-9-5-8-18(22(20)26-2)14-24-10-11-27-21(15-24)19-12-16-6-3-4-7-17(16)13-23-19/h3-9,12-13,21H,10-11,14-15H2,1-2H3. The van der Waals surface area contributed by atoms with Gasteiger partial charge in [0.05, 0.1) is 26.5 Å². The molecule has 0 amide bonds. The van der Waals surface area contributed by atoms with Gasteiger partial charge in [0.1, 0.15) is 6.10 Å². The highest BCUT2D eigenvalue weighted by atomic mass is 16.5. The highest BCUT2D eigenvalue weighted by molar-refractivity contribution is 5.81. The van der Waals surface area contributed by atoms with Crippen LogP contribution >= 0.6 is 0 Å². The molecule has 0 saturated carbocycles. The number of fused-ring (bicyclic) bond motifs is 1. The van der Waals surface area contributed by atoms with Crippen LogP contribution in [0.25, 0.3) is 10.8 Å². The van der Waals surface area contributed by atoms with Crippen LogP contribution in [-0.2, 0) is 11.3 Å². The van der Waals surface area contributed by atoms with Crippen LogP contribution < -0.4 is 9.47 Å². The lowest BCUT2D eigenvalue weighted by atomic mass is 10.1. The lowest BCUT2D eigenvalue weighted by Crippen LogP contribution is -2.38. The maximum absolute atomic E-state index is 6.02. The maximum atomic E-state index is 6.02. The van der Waals surface area contributed by atoms with Crippen LogP contribution in [0, 0.1) is 0 Å². The van der Waals surface area contributed by atoms with Crippen LogP contribution in [0.1, 0.15) is 17.4 Å². The first kappa shape index (κ1) is 17.8. The summed E-state index contributed by atoms with van der Waals surface area (Å²) in [5.41, 5.74) is 2.10. The quantitative estimate of drug-likeness (QED) is 0.688. The third kappa shape index (κ3) is 3.75. The van der Waals surface area contributed by atoms with E-state index in [9.17, 15) is 0 Å². The number of nitrogens with zero attached hydrogens (tertiary/aromatic N) is 2. The lowest BCUT2D eigenvalue weighted by Gasteiger charge is -2.33. The van der Waals surface area contributed by atoms with Crippen LogP contribution in [0.2, 0.25) is 0 Å². The Morgan fingerprint density at radius 1 is 1.07 bits per heavy atom. The second kappa shape index (κ2) is 7.94. The average molecular weight is 364 g/mol. The van der Waals surface area contributed by atoms with E-state index in [1.54, 1.807) is 14.2 Å². The fourth-order valence-corrected chi connectivity index (χ4v) is 3.62. The Morgan fingerprint density at radius 2 is 1.93 bits per heavy atom. The van der Waals surface area contributed by atoms with Gasteiger partial charge in [-0.05, 0) is 17.5 Å². The van der Waals surface area contributed by atoms with E-state index in [-0.39, 0.29) is 6.10 Å². The molecule has 1 atom stereocenters. The van der Waals surface area contributed by atoms with Crippen molar-refractivity contribution >= 4 is 10.8 Å². The number of ether oxygens (including phenoxy) is 3. The van der Waals surface area contributed by atoms with Crippen LogP contribution in [-0.4, -0.2) is 43.8 Å². The molecule has 0 bridgehead atoms. The zero-order chi connectivity index (χ0) is 18.6. The molecule has 0 aliphatic carbocycles. The van der Waals surface area contributed by atoms with Crippen molar-refractivity contribution < 1.29 is 14.2 Å². The summed E-state index contributed by atoms with van der Waals surface area (Å²) in [4.78, 5) is 7.01. The van der Waals surface area contributed by atoms with Gasteiger partial charge in [-0.3, -0.25) is 9.88 Å².